The van der Waals surface area contributed by atoms with Crippen LogP contribution in [0.3, 0.4) is 0 Å². The van der Waals surface area contributed by atoms with Crippen molar-refractivity contribution >= 4 is 28.9 Å². The number of anilines is 2. The van der Waals surface area contributed by atoms with E-state index in [2.05, 4.69) is 5.32 Å². The lowest BCUT2D eigenvalue weighted by molar-refractivity contribution is -0.384. The van der Waals surface area contributed by atoms with Gasteiger partial charge in [-0.3, -0.25) is 19.7 Å². The van der Waals surface area contributed by atoms with E-state index >= 15 is 0 Å². The molecule has 1 N–H and O–H groups in total. The van der Waals surface area contributed by atoms with Gasteiger partial charge in [0.2, 0.25) is 11.8 Å². The Bertz CT molecular complexity index is 835. The van der Waals surface area contributed by atoms with Crippen LogP contribution < -0.4 is 10.2 Å². The summed E-state index contributed by atoms with van der Waals surface area (Å²) < 4.78 is 0. The van der Waals surface area contributed by atoms with Gasteiger partial charge in [-0.15, -0.1) is 0 Å². The zero-order valence-corrected chi connectivity index (χ0v) is 13.6. The molecule has 3 rings (SSSR count). The van der Waals surface area contributed by atoms with Gasteiger partial charge < -0.3 is 10.2 Å². The van der Waals surface area contributed by atoms with Crippen molar-refractivity contribution in [2.45, 2.75) is 13.3 Å². The number of amides is 2. The van der Waals surface area contributed by atoms with Crippen LogP contribution in [-0.4, -0.2) is 23.3 Å². The summed E-state index contributed by atoms with van der Waals surface area (Å²) in [5.41, 5.74) is 1.86. The Hall–Kier alpha value is -3.22. The number of nitrogens with zero attached hydrogens (tertiary/aromatic N) is 2. The third-order valence-electron chi connectivity index (χ3n) is 4.24. The lowest BCUT2D eigenvalue weighted by Crippen LogP contribution is -2.28. The van der Waals surface area contributed by atoms with Gasteiger partial charge in [-0.05, 0) is 30.7 Å². The highest BCUT2D eigenvalue weighted by Crippen LogP contribution is 2.27. The molecule has 0 aliphatic carbocycles. The normalized spacial score (nSPS) is 16.8. The summed E-state index contributed by atoms with van der Waals surface area (Å²) in [7, 11) is 0. The summed E-state index contributed by atoms with van der Waals surface area (Å²) in [5, 5.41) is 13.5. The summed E-state index contributed by atoms with van der Waals surface area (Å²) in [5.74, 6) is -0.808. The van der Waals surface area contributed by atoms with Gasteiger partial charge in [0.05, 0.1) is 10.8 Å². The van der Waals surface area contributed by atoms with Gasteiger partial charge in [0.25, 0.3) is 5.69 Å². The highest BCUT2D eigenvalue weighted by molar-refractivity contribution is 6.03. The van der Waals surface area contributed by atoms with Gasteiger partial charge in [-0.25, -0.2) is 0 Å². The Morgan fingerprint density at radius 3 is 2.60 bits per heavy atom. The molecule has 128 valence electrons. The first-order chi connectivity index (χ1) is 12.0. The zero-order chi connectivity index (χ0) is 18.0. The predicted octanol–water partition coefficient (Wildman–Crippen LogP) is 2.89. The number of nitrogens with one attached hydrogen (secondary N) is 1. The standard InChI is InChI=1S/C18H17N3O4/c1-12-9-15(21(24)25)7-8-16(12)19-18(23)13-10-17(22)20(11-13)14-5-3-2-4-6-14/h2-9,13H,10-11H2,1H3,(H,19,23)/t13-/m1/s1. The van der Waals surface area contributed by atoms with Crippen LogP contribution in [0.4, 0.5) is 17.1 Å². The van der Waals surface area contributed by atoms with Gasteiger partial charge in [-0.2, -0.15) is 0 Å². The molecule has 1 atom stereocenters. The summed E-state index contributed by atoms with van der Waals surface area (Å²) in [6, 6.07) is 13.5. The number of rotatable bonds is 4. The number of aryl methyl sites for hydroxylation is 1. The molecule has 0 radical (unpaired) electrons. The molecule has 1 aliphatic rings. The van der Waals surface area contributed by atoms with E-state index in [1.807, 2.05) is 30.3 Å². The maximum absolute atomic E-state index is 12.5. The van der Waals surface area contributed by atoms with E-state index in [1.54, 1.807) is 11.8 Å². The van der Waals surface area contributed by atoms with Gasteiger partial charge in [-0.1, -0.05) is 18.2 Å². The van der Waals surface area contributed by atoms with Crippen molar-refractivity contribution in [1.29, 1.82) is 0 Å². The summed E-state index contributed by atoms with van der Waals surface area (Å²) in [6.07, 6.45) is 0.146. The van der Waals surface area contributed by atoms with Crippen LogP contribution in [-0.2, 0) is 9.59 Å². The Morgan fingerprint density at radius 2 is 1.96 bits per heavy atom. The molecule has 1 aliphatic heterocycles. The lowest BCUT2D eigenvalue weighted by Gasteiger charge is -2.16. The van der Waals surface area contributed by atoms with Gasteiger partial charge >= 0.3 is 0 Å². The minimum absolute atomic E-state index is 0.0261. The van der Waals surface area contributed by atoms with Crippen molar-refractivity contribution in [3.8, 4) is 0 Å². The zero-order valence-electron chi connectivity index (χ0n) is 13.6. The van der Waals surface area contributed by atoms with E-state index in [0.29, 0.717) is 17.8 Å². The number of nitro groups is 1. The summed E-state index contributed by atoms with van der Waals surface area (Å²) in [4.78, 5) is 36.6. The van der Waals surface area contributed by atoms with Crippen molar-refractivity contribution in [2.75, 3.05) is 16.8 Å². The second-order valence-electron chi connectivity index (χ2n) is 5.99. The van der Waals surface area contributed by atoms with Crippen LogP contribution in [0.15, 0.2) is 48.5 Å². The van der Waals surface area contributed by atoms with Crippen LogP contribution in [0.25, 0.3) is 0 Å². The van der Waals surface area contributed by atoms with Crippen LogP contribution in [0.1, 0.15) is 12.0 Å². The van der Waals surface area contributed by atoms with Crippen LogP contribution >= 0.6 is 0 Å². The number of nitro benzene ring substituents is 1. The molecule has 0 saturated carbocycles. The maximum Gasteiger partial charge on any atom is 0.269 e. The van der Waals surface area contributed by atoms with Crippen molar-refractivity contribution < 1.29 is 14.5 Å². The fourth-order valence-corrected chi connectivity index (χ4v) is 2.88. The Balaban J connectivity index is 1.70. The molecule has 1 fully saturated rings. The maximum atomic E-state index is 12.5. The van der Waals surface area contributed by atoms with E-state index in [9.17, 15) is 19.7 Å². The topological polar surface area (TPSA) is 92.5 Å². The van der Waals surface area contributed by atoms with Crippen molar-refractivity contribution in [1.82, 2.24) is 0 Å². The first kappa shape index (κ1) is 16.6. The fraction of sp³-hybridized carbons (Fsp3) is 0.222. The Morgan fingerprint density at radius 1 is 1.24 bits per heavy atom. The molecule has 0 bridgehead atoms. The van der Waals surface area contributed by atoms with E-state index in [0.717, 1.165) is 5.69 Å². The highest BCUT2D eigenvalue weighted by atomic mass is 16.6. The minimum Gasteiger partial charge on any atom is -0.326 e. The molecule has 2 aromatic rings. The number of hydrogen-bond acceptors (Lipinski definition) is 4. The van der Waals surface area contributed by atoms with Crippen molar-refractivity contribution in [3.05, 3.63) is 64.2 Å². The van der Waals surface area contributed by atoms with Crippen LogP contribution in [0, 0.1) is 23.0 Å². The SMILES string of the molecule is Cc1cc([N+](=O)[O-])ccc1NC(=O)[C@@H]1CC(=O)N(c2ccccc2)C1. The number of non-ortho nitro benzene ring substituents is 1. The monoisotopic (exact) mass is 339 g/mol. The summed E-state index contributed by atoms with van der Waals surface area (Å²) >= 11 is 0. The van der Waals surface area contributed by atoms with E-state index in [-0.39, 0.29) is 23.9 Å². The number of hydrogen-bond donors (Lipinski definition) is 1. The third kappa shape index (κ3) is 3.50. The second-order valence-corrected chi connectivity index (χ2v) is 5.99. The Labute approximate surface area is 144 Å². The second kappa shape index (κ2) is 6.72. The Kier molecular flexibility index (Phi) is 4.47. The largest absolute Gasteiger partial charge is 0.326 e. The fourth-order valence-electron chi connectivity index (χ4n) is 2.88. The minimum atomic E-state index is -0.480. The van der Waals surface area contributed by atoms with E-state index in [1.165, 1.54) is 18.2 Å². The predicted molar refractivity (Wildman–Crippen MR) is 93.4 cm³/mol. The molecular weight excluding hydrogens is 322 g/mol. The molecule has 0 unspecified atom stereocenters. The first-order valence-electron chi connectivity index (χ1n) is 7.87. The molecule has 1 heterocycles. The van der Waals surface area contributed by atoms with Gasteiger partial charge in [0.1, 0.15) is 0 Å². The average Bonchev–Trinajstić information content (AvgIpc) is 2.99. The molecule has 7 heteroatoms. The molecule has 0 spiro atoms. The van der Waals surface area contributed by atoms with Gasteiger partial charge in [0, 0.05) is 36.5 Å². The average molecular weight is 339 g/mol. The molecular formula is C18H17N3O4. The first-order valence-corrected chi connectivity index (χ1v) is 7.87. The lowest BCUT2D eigenvalue weighted by atomic mass is 10.1. The smallest absolute Gasteiger partial charge is 0.269 e. The molecule has 2 amide bonds. The number of para-hydroxylation sites is 1. The van der Waals surface area contributed by atoms with Crippen molar-refractivity contribution in [3.63, 3.8) is 0 Å². The molecule has 25 heavy (non-hydrogen) atoms. The highest BCUT2D eigenvalue weighted by Gasteiger charge is 2.35. The van der Waals surface area contributed by atoms with Crippen LogP contribution in [0.5, 0.6) is 0 Å². The number of carbonyl (C=O) groups excluding carboxylic acids is 2. The number of benzene rings is 2. The van der Waals surface area contributed by atoms with Crippen LogP contribution in [0.2, 0.25) is 0 Å². The molecule has 1 saturated heterocycles. The summed E-state index contributed by atoms with van der Waals surface area (Å²) in [6.45, 7) is 2.01. The third-order valence-corrected chi connectivity index (χ3v) is 4.24. The van der Waals surface area contributed by atoms with Gasteiger partial charge in [0.15, 0.2) is 0 Å². The molecule has 2 aromatic carbocycles. The van der Waals surface area contributed by atoms with E-state index < -0.39 is 10.8 Å². The van der Waals surface area contributed by atoms with Crippen molar-refractivity contribution in [2.24, 2.45) is 5.92 Å². The number of carbonyl (C=O) groups is 2. The van der Waals surface area contributed by atoms with E-state index in [4.69, 9.17) is 0 Å². The quantitative estimate of drug-likeness (QED) is 0.685. The molecule has 0 aromatic heterocycles. The molecule has 7 nitrogen and oxygen atoms in total.